The molecule has 12 aromatic carbocycles. The van der Waals surface area contributed by atoms with E-state index in [1.165, 1.54) is 16.2 Å². The summed E-state index contributed by atoms with van der Waals surface area (Å²) in [5.74, 6) is 4.60. The van der Waals surface area contributed by atoms with Crippen LogP contribution in [0.15, 0.2) is 385 Å². The van der Waals surface area contributed by atoms with E-state index in [0.29, 0.717) is 45.4 Å². The SMILES string of the molecule is CC1(C)OB(c2ccc3[nH]c4ccccc4c3c2)OC1(C)C.Cc1cccc(-n2c3ccccc3c3cc(-c4cc(-c5ccc(-c6ccccn6)cc5)cc(-c5nc(-c6ccccc6)nc(-c6ccccc6)n5)c4)ccc32)n1.Cc1cccc(Br)n1.Clc1cc(Br)cc(-c2nc(-c3ccccc3)nc(-c3ccccc3)n2)c1.OB(O)c1ccc(-c2ccccn2)cc1. The van der Waals surface area contributed by atoms with Crippen LogP contribution >= 0.6 is 43.5 Å². The zero-order valence-electron chi connectivity index (χ0n) is 70.2. The maximum absolute atomic E-state index is 8.93. The highest BCUT2D eigenvalue weighted by Gasteiger charge is 2.52. The first kappa shape index (κ1) is 85.3. The summed E-state index contributed by atoms with van der Waals surface area (Å²) in [6.07, 6.45) is 3.55. The van der Waals surface area contributed by atoms with Gasteiger partial charge in [-0.3, -0.25) is 14.5 Å². The molecule has 9 heterocycles. The van der Waals surface area contributed by atoms with E-state index in [-0.39, 0.29) is 18.3 Å². The van der Waals surface area contributed by atoms with Crippen molar-refractivity contribution in [2.45, 2.75) is 52.7 Å². The van der Waals surface area contributed by atoms with Crippen molar-refractivity contribution in [1.82, 2.24) is 59.4 Å². The van der Waals surface area contributed by atoms with Gasteiger partial charge in [0.25, 0.3) is 0 Å². The number of aryl methyl sites for hydroxylation is 2. The van der Waals surface area contributed by atoms with Crippen molar-refractivity contribution >= 4 is 112 Å². The van der Waals surface area contributed by atoms with Gasteiger partial charge < -0.3 is 24.3 Å². The topological polar surface area (TPSA) is 209 Å². The molecular weight excluding hydrogens is 1720 g/mol. The molecule has 0 aliphatic carbocycles. The van der Waals surface area contributed by atoms with Crippen molar-refractivity contribution in [1.29, 1.82) is 0 Å². The maximum Gasteiger partial charge on any atom is 0.494 e. The number of hydrogen-bond acceptors (Lipinski definition) is 14. The number of rotatable bonds is 13. The second-order valence-corrected chi connectivity index (χ2v) is 33.6. The third-order valence-electron chi connectivity index (χ3n) is 22.1. The molecule has 1 saturated heterocycles. The number of para-hydroxylation sites is 2. The predicted octanol–water partition coefficient (Wildman–Crippen LogP) is 24.6. The summed E-state index contributed by atoms with van der Waals surface area (Å²) in [6.45, 7) is 12.3. The summed E-state index contributed by atoms with van der Waals surface area (Å²) in [5, 5.41) is 23.2. The number of hydrogen-bond donors (Lipinski definition) is 3. The minimum absolute atomic E-state index is 0.313. The number of H-pyrrole nitrogens is 1. The van der Waals surface area contributed by atoms with Crippen LogP contribution in [0.25, 0.3) is 163 Å². The molecule has 0 amide bonds. The zero-order chi connectivity index (χ0) is 87.5. The van der Waals surface area contributed by atoms with Crippen LogP contribution in [0, 0.1) is 13.8 Å². The van der Waals surface area contributed by atoms with Crippen molar-refractivity contribution in [2.75, 3.05) is 0 Å². The van der Waals surface area contributed by atoms with Crippen molar-refractivity contribution in [3.8, 4) is 119 Å². The van der Waals surface area contributed by atoms with Crippen LogP contribution in [0.1, 0.15) is 39.1 Å². The van der Waals surface area contributed by atoms with Crippen LogP contribution in [0.5, 0.6) is 0 Å². The number of nitrogens with zero attached hydrogens (tertiary/aromatic N) is 11. The molecule has 0 atom stereocenters. The van der Waals surface area contributed by atoms with Crippen LogP contribution in [0.4, 0.5) is 0 Å². The molecule has 0 bridgehead atoms. The van der Waals surface area contributed by atoms with E-state index >= 15 is 0 Å². The quantitative estimate of drug-likeness (QED) is 0.0725. The second-order valence-electron chi connectivity index (χ2n) is 31.4. The van der Waals surface area contributed by atoms with Crippen molar-refractivity contribution in [2.24, 2.45) is 0 Å². The molecule has 0 spiro atoms. The molecule has 21 heteroatoms. The first-order valence-corrected chi connectivity index (χ1v) is 43.4. The lowest BCUT2D eigenvalue weighted by Gasteiger charge is -2.32. The minimum Gasteiger partial charge on any atom is -0.423 e. The normalized spacial score (nSPS) is 12.4. The summed E-state index contributed by atoms with van der Waals surface area (Å²) < 4.78 is 16.3. The standard InChI is InChI=1S/C50H34N6.C21H13BrClN3.C18H20BNO2.C11H10BNO2.C6H6BrN/c1-33-13-12-21-47(52-33)56-45-20-9-8-18-42(45)43-32-38(26-27-46(43)56)40-29-39(34-22-24-35(25-23-34)44-19-10-11-28-51-44)30-41(31-40)50-54-48(36-14-4-2-5-15-36)53-49(55-50)37-16-6-3-7-17-37;22-17-11-16(12-18(23)13-17)21-25-19(14-7-3-1-4-8-14)24-20(26-21)15-9-5-2-6-10-15;1-17(2)18(3,4)22-19(21-17)12-9-10-16-14(11-12)13-7-5-6-8-15(13)20-16;14-12(15)10-6-4-9(5-7-10)11-3-1-2-8-13-11;1-5-3-2-4-6(7)8-5/h2-32H,1H3;1-13H;5-11,20H,1-4H3;1-8,14-15H;2-4H,1H3. The van der Waals surface area contributed by atoms with E-state index in [2.05, 4.69) is 232 Å². The monoisotopic (exact) mass is 1800 g/mol. The summed E-state index contributed by atoms with van der Waals surface area (Å²) in [6, 6.07) is 122. The number of aromatic amines is 1. The van der Waals surface area contributed by atoms with Crippen LogP contribution in [-0.2, 0) is 9.31 Å². The van der Waals surface area contributed by atoms with Gasteiger partial charge in [0.1, 0.15) is 10.4 Å². The van der Waals surface area contributed by atoms with Crippen molar-refractivity contribution in [3.63, 3.8) is 0 Å². The molecule has 618 valence electrons. The molecule has 1 aliphatic heterocycles. The fourth-order valence-electron chi connectivity index (χ4n) is 14.9. The zero-order valence-corrected chi connectivity index (χ0v) is 74.1. The third kappa shape index (κ3) is 19.9. The Balaban J connectivity index is 0.000000131. The van der Waals surface area contributed by atoms with Gasteiger partial charge in [0.15, 0.2) is 34.9 Å². The van der Waals surface area contributed by atoms with Gasteiger partial charge in [-0.1, -0.05) is 276 Å². The predicted molar refractivity (Wildman–Crippen MR) is 524 cm³/mol. The Morgan fingerprint density at radius 3 is 1.27 bits per heavy atom. The van der Waals surface area contributed by atoms with Gasteiger partial charge in [-0.15, -0.1) is 0 Å². The van der Waals surface area contributed by atoms with Crippen LogP contribution < -0.4 is 10.9 Å². The van der Waals surface area contributed by atoms with Gasteiger partial charge in [0.05, 0.1) is 33.6 Å². The Morgan fingerprint density at radius 1 is 0.339 bits per heavy atom. The largest absolute Gasteiger partial charge is 0.494 e. The lowest BCUT2D eigenvalue weighted by molar-refractivity contribution is 0.00578. The minimum atomic E-state index is -1.41. The average Bonchev–Trinajstić information content (AvgIpc) is 1.62. The maximum atomic E-state index is 8.93. The molecule has 0 radical (unpaired) electrons. The molecule has 127 heavy (non-hydrogen) atoms. The Labute approximate surface area is 758 Å². The molecule has 1 aliphatic rings. The van der Waals surface area contributed by atoms with Gasteiger partial charge in [0.2, 0.25) is 0 Å². The molecule has 1 fully saturated rings. The molecule has 0 saturated carbocycles. The lowest BCUT2D eigenvalue weighted by Crippen LogP contribution is -2.41. The van der Waals surface area contributed by atoms with E-state index in [1.807, 2.05) is 238 Å². The number of benzene rings is 12. The summed E-state index contributed by atoms with van der Waals surface area (Å²) in [5.41, 5.74) is 21.0. The highest BCUT2D eigenvalue weighted by atomic mass is 79.9. The molecular formula is C106H83B2Br2ClN12O4. The fourth-order valence-corrected chi connectivity index (χ4v) is 16.2. The summed E-state index contributed by atoms with van der Waals surface area (Å²) in [4.78, 5) is 50.4. The number of nitrogens with one attached hydrogen (secondary N) is 1. The Hall–Kier alpha value is -13.9. The van der Waals surface area contributed by atoms with Crippen LogP contribution in [0.3, 0.4) is 0 Å². The molecule has 20 aromatic rings. The molecule has 21 rings (SSSR count). The highest BCUT2D eigenvalue weighted by molar-refractivity contribution is 9.10. The number of halogens is 3. The van der Waals surface area contributed by atoms with Gasteiger partial charge in [-0.05, 0) is 206 Å². The molecule has 0 unspecified atom stereocenters. The first-order chi connectivity index (χ1) is 61.8. The van der Waals surface area contributed by atoms with Gasteiger partial charge in [0, 0.05) is 110 Å². The Morgan fingerprint density at radius 2 is 0.772 bits per heavy atom. The van der Waals surface area contributed by atoms with E-state index in [9.17, 15) is 0 Å². The van der Waals surface area contributed by atoms with Crippen LogP contribution in [0.2, 0.25) is 5.02 Å². The van der Waals surface area contributed by atoms with Crippen LogP contribution in [-0.4, -0.2) is 94.9 Å². The van der Waals surface area contributed by atoms with Gasteiger partial charge in [-0.25, -0.2) is 39.9 Å². The van der Waals surface area contributed by atoms with E-state index in [1.54, 1.807) is 18.3 Å². The smallest absolute Gasteiger partial charge is 0.423 e. The van der Waals surface area contributed by atoms with Crippen molar-refractivity contribution in [3.05, 3.63) is 402 Å². The number of pyridine rings is 4. The number of aromatic nitrogens is 12. The lowest BCUT2D eigenvalue weighted by atomic mass is 9.78. The molecule has 8 aromatic heterocycles. The van der Waals surface area contributed by atoms with E-state index in [0.717, 1.165) is 137 Å². The average molecular weight is 1810 g/mol. The molecule has 16 nitrogen and oxygen atoms in total. The fraction of sp³-hybridized carbons (Fsp3) is 0.0755. The summed E-state index contributed by atoms with van der Waals surface area (Å²) in [7, 11) is -1.73. The Kier molecular flexibility index (Phi) is 25.7. The third-order valence-corrected chi connectivity index (χ3v) is 23.2. The second kappa shape index (κ2) is 38.3. The van der Waals surface area contributed by atoms with Gasteiger partial charge >= 0.3 is 14.2 Å². The summed E-state index contributed by atoms with van der Waals surface area (Å²) >= 11 is 12.9. The highest BCUT2D eigenvalue weighted by Crippen LogP contribution is 2.41. The Bertz CT molecular complexity index is 7090. The van der Waals surface area contributed by atoms with E-state index < -0.39 is 7.12 Å². The van der Waals surface area contributed by atoms with Crippen molar-refractivity contribution < 1.29 is 19.4 Å². The van der Waals surface area contributed by atoms with Gasteiger partial charge in [-0.2, -0.15) is 0 Å². The number of fused-ring (bicyclic) bond motifs is 6. The van der Waals surface area contributed by atoms with E-state index in [4.69, 9.17) is 50.9 Å². The first-order valence-electron chi connectivity index (χ1n) is 41.4. The molecule has 3 N–H and O–H groups in total.